The van der Waals surface area contributed by atoms with Crippen molar-refractivity contribution < 1.29 is 5.11 Å². The zero-order chi connectivity index (χ0) is 21.5. The van der Waals surface area contributed by atoms with E-state index in [0.29, 0.717) is 18.4 Å². The molecule has 1 aliphatic carbocycles. The van der Waals surface area contributed by atoms with Crippen LogP contribution in [-0.2, 0) is 6.42 Å². The Bertz CT molecular complexity index is 947. The molecule has 0 radical (unpaired) electrons. The predicted octanol–water partition coefficient (Wildman–Crippen LogP) is 5.83. The minimum Gasteiger partial charge on any atom is -0.395 e. The van der Waals surface area contributed by atoms with Crippen LogP contribution in [0.2, 0.25) is 0 Å². The summed E-state index contributed by atoms with van der Waals surface area (Å²) in [4.78, 5) is 4.73. The molecule has 0 spiro atoms. The van der Waals surface area contributed by atoms with Crippen LogP contribution in [0.25, 0.3) is 10.8 Å². The van der Waals surface area contributed by atoms with Crippen LogP contribution < -0.4 is 5.32 Å². The lowest BCUT2D eigenvalue weighted by atomic mass is 9.86. The molecule has 3 heteroatoms. The highest BCUT2D eigenvalue weighted by Gasteiger charge is 2.27. The van der Waals surface area contributed by atoms with Crippen LogP contribution in [0.3, 0.4) is 0 Å². The van der Waals surface area contributed by atoms with Crippen molar-refractivity contribution in [2.24, 2.45) is 5.92 Å². The molecule has 0 aliphatic heterocycles. The van der Waals surface area contributed by atoms with Crippen LogP contribution in [0.5, 0.6) is 0 Å². The smallest absolute Gasteiger partial charge is 0.0555 e. The summed E-state index contributed by atoms with van der Waals surface area (Å²) in [5.74, 6) is 2.06. The average molecular weight is 417 g/mol. The Kier molecular flexibility index (Phi) is 7.71. The molecule has 0 amide bonds. The summed E-state index contributed by atoms with van der Waals surface area (Å²) in [5.41, 5.74) is 4.09. The first-order valence-electron chi connectivity index (χ1n) is 12.0. The van der Waals surface area contributed by atoms with Crippen LogP contribution in [0.15, 0.2) is 60.8 Å². The Labute approximate surface area is 186 Å². The summed E-state index contributed by atoms with van der Waals surface area (Å²) in [5, 5.41) is 14.8. The Hall–Kier alpha value is -2.23. The van der Waals surface area contributed by atoms with Crippen LogP contribution in [-0.4, -0.2) is 29.8 Å². The van der Waals surface area contributed by atoms with Crippen molar-refractivity contribution in [3.63, 3.8) is 0 Å². The maximum atomic E-state index is 8.81. The number of rotatable bonds is 10. The van der Waals surface area contributed by atoms with Crippen molar-refractivity contribution in [2.75, 3.05) is 19.7 Å². The molecule has 3 aromatic rings. The number of aliphatic hydroxyl groups excluding tert-OH is 1. The summed E-state index contributed by atoms with van der Waals surface area (Å²) in [6.45, 7) is 4.22. The third kappa shape index (κ3) is 5.72. The van der Waals surface area contributed by atoms with Crippen molar-refractivity contribution >= 4 is 10.8 Å². The van der Waals surface area contributed by atoms with Gasteiger partial charge in [0, 0.05) is 18.4 Å². The molecule has 0 saturated heterocycles. The number of pyridine rings is 1. The maximum absolute atomic E-state index is 8.81. The lowest BCUT2D eigenvalue weighted by molar-refractivity contribution is 0.292. The van der Waals surface area contributed by atoms with Gasteiger partial charge in [-0.1, -0.05) is 55.5 Å². The van der Waals surface area contributed by atoms with E-state index >= 15 is 0 Å². The van der Waals surface area contributed by atoms with E-state index < -0.39 is 0 Å². The van der Waals surface area contributed by atoms with Gasteiger partial charge in [-0.05, 0) is 90.8 Å². The van der Waals surface area contributed by atoms with Gasteiger partial charge in [0.15, 0.2) is 0 Å². The Balaban J connectivity index is 1.30. The highest BCUT2D eigenvalue weighted by molar-refractivity contribution is 5.86. The number of aryl methyl sites for hydroxylation is 1. The van der Waals surface area contributed by atoms with Crippen LogP contribution in [0.4, 0.5) is 0 Å². The van der Waals surface area contributed by atoms with Gasteiger partial charge in [0.1, 0.15) is 0 Å². The number of fused-ring (bicyclic) bond motifs is 1. The molecule has 2 aromatic carbocycles. The standard InChI is InChI=1S/C28H36N2O/c1-21(27-10-4-7-23-6-2-3-9-28(23)27)18-22-11-12-24(19-22)25-13-14-26(30-20-25)8-5-15-29-16-17-31/h2-4,6-7,9-10,13-14,20-22,24,29,31H,5,8,11-12,15-19H2,1H3/t21-,22+,24+/m0/s1. The molecule has 1 aliphatic rings. The van der Waals surface area contributed by atoms with Gasteiger partial charge in [-0.15, -0.1) is 0 Å². The van der Waals surface area contributed by atoms with Gasteiger partial charge in [-0.3, -0.25) is 4.98 Å². The second-order valence-corrected chi connectivity index (χ2v) is 9.24. The van der Waals surface area contributed by atoms with Gasteiger partial charge >= 0.3 is 0 Å². The van der Waals surface area contributed by atoms with Crippen LogP contribution in [0.1, 0.15) is 67.7 Å². The second-order valence-electron chi connectivity index (χ2n) is 9.24. The largest absolute Gasteiger partial charge is 0.395 e. The van der Waals surface area contributed by atoms with E-state index in [9.17, 15) is 0 Å². The molecule has 0 bridgehead atoms. The Morgan fingerprint density at radius 2 is 1.90 bits per heavy atom. The Morgan fingerprint density at radius 3 is 2.74 bits per heavy atom. The van der Waals surface area contributed by atoms with Crippen molar-refractivity contribution in [3.8, 4) is 0 Å². The van der Waals surface area contributed by atoms with E-state index in [4.69, 9.17) is 10.1 Å². The van der Waals surface area contributed by atoms with E-state index in [-0.39, 0.29) is 6.61 Å². The Morgan fingerprint density at radius 1 is 1.03 bits per heavy atom. The third-order valence-corrected chi connectivity index (χ3v) is 6.98. The van der Waals surface area contributed by atoms with Gasteiger partial charge in [-0.2, -0.15) is 0 Å². The zero-order valence-corrected chi connectivity index (χ0v) is 18.8. The van der Waals surface area contributed by atoms with Gasteiger partial charge in [-0.25, -0.2) is 0 Å². The molecule has 164 valence electrons. The number of hydrogen-bond donors (Lipinski definition) is 2. The summed E-state index contributed by atoms with van der Waals surface area (Å²) < 4.78 is 0. The SMILES string of the molecule is C[C@@H](C[C@H]1CC[C@@H](c2ccc(CCCNCCO)nc2)C1)c1cccc2ccccc12. The number of benzene rings is 2. The molecule has 31 heavy (non-hydrogen) atoms. The minimum atomic E-state index is 0.204. The van der Waals surface area contributed by atoms with Crippen molar-refractivity contribution in [2.45, 2.75) is 57.3 Å². The fourth-order valence-corrected chi connectivity index (χ4v) is 5.32. The highest BCUT2D eigenvalue weighted by atomic mass is 16.3. The van der Waals surface area contributed by atoms with Gasteiger partial charge in [0.2, 0.25) is 0 Å². The zero-order valence-electron chi connectivity index (χ0n) is 18.8. The molecule has 0 unspecified atom stereocenters. The van der Waals surface area contributed by atoms with E-state index in [0.717, 1.165) is 25.3 Å². The van der Waals surface area contributed by atoms with Crippen molar-refractivity contribution in [3.05, 3.63) is 77.6 Å². The highest BCUT2D eigenvalue weighted by Crippen LogP contribution is 2.43. The number of aliphatic hydroxyl groups is 1. The third-order valence-electron chi connectivity index (χ3n) is 6.98. The van der Waals surface area contributed by atoms with E-state index in [1.807, 2.05) is 0 Å². The fourth-order valence-electron chi connectivity index (χ4n) is 5.32. The molecule has 3 atom stereocenters. The van der Waals surface area contributed by atoms with Gasteiger partial charge in [0.25, 0.3) is 0 Å². The average Bonchev–Trinajstić information content (AvgIpc) is 3.27. The fraction of sp³-hybridized carbons (Fsp3) is 0.464. The lowest BCUT2D eigenvalue weighted by Crippen LogP contribution is -2.19. The summed E-state index contributed by atoms with van der Waals surface area (Å²) >= 11 is 0. The van der Waals surface area contributed by atoms with E-state index in [2.05, 4.69) is 73.0 Å². The second kappa shape index (κ2) is 10.9. The quantitative estimate of drug-likeness (QED) is 0.409. The molecule has 1 saturated carbocycles. The van der Waals surface area contributed by atoms with Crippen molar-refractivity contribution in [1.82, 2.24) is 10.3 Å². The predicted molar refractivity (Wildman–Crippen MR) is 130 cm³/mol. The number of nitrogens with one attached hydrogen (secondary N) is 1. The number of nitrogens with zero attached hydrogens (tertiary/aromatic N) is 1. The van der Waals surface area contributed by atoms with Gasteiger partial charge in [0.05, 0.1) is 6.61 Å². The first kappa shape index (κ1) is 22.0. The van der Waals surface area contributed by atoms with Crippen LogP contribution >= 0.6 is 0 Å². The van der Waals surface area contributed by atoms with Crippen molar-refractivity contribution in [1.29, 1.82) is 0 Å². The first-order valence-corrected chi connectivity index (χ1v) is 12.0. The molecule has 3 nitrogen and oxygen atoms in total. The van der Waals surface area contributed by atoms with Crippen LogP contribution in [0, 0.1) is 5.92 Å². The summed E-state index contributed by atoms with van der Waals surface area (Å²) in [7, 11) is 0. The molecule has 1 aromatic heterocycles. The summed E-state index contributed by atoms with van der Waals surface area (Å²) in [6, 6.07) is 20.1. The summed E-state index contributed by atoms with van der Waals surface area (Å²) in [6.07, 6.45) is 9.37. The first-order chi connectivity index (χ1) is 15.2. The molecule has 4 rings (SSSR count). The van der Waals surface area contributed by atoms with Gasteiger partial charge < -0.3 is 10.4 Å². The van der Waals surface area contributed by atoms with E-state index in [1.165, 1.54) is 53.3 Å². The molecule has 1 fully saturated rings. The molecule has 1 heterocycles. The molecule has 2 N–H and O–H groups in total. The molecular formula is C28H36N2O. The number of aromatic nitrogens is 1. The van der Waals surface area contributed by atoms with E-state index in [1.54, 1.807) is 0 Å². The topological polar surface area (TPSA) is 45.1 Å². The normalized spacial score (nSPS) is 19.7. The monoisotopic (exact) mass is 416 g/mol. The minimum absolute atomic E-state index is 0.204. The lowest BCUT2D eigenvalue weighted by Gasteiger charge is -2.19. The number of hydrogen-bond acceptors (Lipinski definition) is 3. The molecular weight excluding hydrogens is 380 g/mol. The maximum Gasteiger partial charge on any atom is 0.0555 e.